The number of nitrogens with zero attached hydrogens (tertiary/aromatic N) is 4. The highest BCUT2D eigenvalue weighted by molar-refractivity contribution is 6.30. The van der Waals surface area contributed by atoms with Gasteiger partial charge in [-0.1, -0.05) is 11.6 Å². The van der Waals surface area contributed by atoms with Crippen LogP contribution < -0.4 is 0 Å². The van der Waals surface area contributed by atoms with Gasteiger partial charge in [0, 0.05) is 6.20 Å². The van der Waals surface area contributed by atoms with Crippen molar-refractivity contribution in [1.82, 2.24) is 14.6 Å². The monoisotopic (exact) mass is 220 g/mol. The Labute approximate surface area is 92.1 Å². The Morgan fingerprint density at radius 3 is 2.87 bits per heavy atom. The maximum absolute atomic E-state index is 8.96. The fourth-order valence-corrected chi connectivity index (χ4v) is 1.33. The molecule has 0 aliphatic rings. The molecular weight excluding hydrogens is 212 g/mol. The lowest BCUT2D eigenvalue weighted by atomic mass is 9.95. The lowest BCUT2D eigenvalue weighted by molar-refractivity contribution is 0.628. The molecular formula is C10H9ClN4. The SMILES string of the molecule is CC(C)(C#N)c1nc2ccc(Cl)cn2n1. The van der Waals surface area contributed by atoms with Gasteiger partial charge < -0.3 is 0 Å². The number of pyridine rings is 1. The molecule has 0 radical (unpaired) electrons. The van der Waals surface area contributed by atoms with Crippen LogP contribution in [0.1, 0.15) is 19.7 Å². The molecule has 2 aromatic heterocycles. The van der Waals surface area contributed by atoms with E-state index in [1.54, 1.807) is 36.7 Å². The second kappa shape index (κ2) is 3.21. The summed E-state index contributed by atoms with van der Waals surface area (Å²) in [5.74, 6) is 0.507. The topological polar surface area (TPSA) is 54.0 Å². The average molecular weight is 221 g/mol. The molecule has 76 valence electrons. The van der Waals surface area contributed by atoms with Crippen LogP contribution in [0.5, 0.6) is 0 Å². The Bertz CT molecular complexity index is 550. The molecule has 0 aliphatic heterocycles. The summed E-state index contributed by atoms with van der Waals surface area (Å²) >= 11 is 5.82. The predicted octanol–water partition coefficient (Wildman–Crippen LogP) is 2.18. The van der Waals surface area contributed by atoms with Crippen molar-refractivity contribution in [2.24, 2.45) is 0 Å². The maximum atomic E-state index is 8.96. The van der Waals surface area contributed by atoms with Crippen LogP contribution in [0.15, 0.2) is 18.3 Å². The molecule has 15 heavy (non-hydrogen) atoms. The zero-order chi connectivity index (χ0) is 11.1. The highest BCUT2D eigenvalue weighted by Crippen LogP contribution is 2.19. The van der Waals surface area contributed by atoms with Gasteiger partial charge in [0.2, 0.25) is 0 Å². The highest BCUT2D eigenvalue weighted by atomic mass is 35.5. The smallest absolute Gasteiger partial charge is 0.171 e. The summed E-state index contributed by atoms with van der Waals surface area (Å²) in [5, 5.41) is 13.8. The van der Waals surface area contributed by atoms with Crippen LogP contribution in [0.2, 0.25) is 5.02 Å². The van der Waals surface area contributed by atoms with Crippen LogP contribution in [0.25, 0.3) is 5.65 Å². The Morgan fingerprint density at radius 2 is 2.20 bits per heavy atom. The van der Waals surface area contributed by atoms with Crippen LogP contribution in [0.4, 0.5) is 0 Å². The number of halogens is 1. The summed E-state index contributed by atoms with van der Waals surface area (Å²) < 4.78 is 1.58. The van der Waals surface area contributed by atoms with E-state index in [1.807, 2.05) is 0 Å². The summed E-state index contributed by atoms with van der Waals surface area (Å²) in [4.78, 5) is 4.27. The first-order chi connectivity index (χ1) is 7.03. The predicted molar refractivity (Wildman–Crippen MR) is 56.6 cm³/mol. The largest absolute Gasteiger partial charge is 0.219 e. The highest BCUT2D eigenvalue weighted by Gasteiger charge is 2.25. The van der Waals surface area contributed by atoms with Gasteiger partial charge in [-0.3, -0.25) is 0 Å². The maximum Gasteiger partial charge on any atom is 0.171 e. The van der Waals surface area contributed by atoms with Crippen molar-refractivity contribution < 1.29 is 0 Å². The van der Waals surface area contributed by atoms with Crippen LogP contribution in [-0.4, -0.2) is 14.6 Å². The minimum absolute atomic E-state index is 0.507. The molecule has 5 heteroatoms. The lowest BCUT2D eigenvalue weighted by Crippen LogP contribution is -2.16. The van der Waals surface area contributed by atoms with Gasteiger partial charge >= 0.3 is 0 Å². The molecule has 0 aromatic carbocycles. The van der Waals surface area contributed by atoms with E-state index in [0.717, 1.165) is 0 Å². The van der Waals surface area contributed by atoms with E-state index >= 15 is 0 Å². The molecule has 0 fully saturated rings. The molecule has 2 aromatic rings. The zero-order valence-electron chi connectivity index (χ0n) is 8.40. The number of rotatable bonds is 1. The van der Waals surface area contributed by atoms with Crippen molar-refractivity contribution in [3.63, 3.8) is 0 Å². The molecule has 4 nitrogen and oxygen atoms in total. The minimum atomic E-state index is -0.682. The Balaban J connectivity index is 2.63. The van der Waals surface area contributed by atoms with E-state index in [4.69, 9.17) is 16.9 Å². The fraction of sp³-hybridized carbons (Fsp3) is 0.300. The summed E-state index contributed by atoms with van der Waals surface area (Å²) in [7, 11) is 0. The fourth-order valence-electron chi connectivity index (χ4n) is 1.17. The van der Waals surface area contributed by atoms with E-state index in [-0.39, 0.29) is 0 Å². The van der Waals surface area contributed by atoms with E-state index in [2.05, 4.69) is 16.2 Å². The molecule has 2 heterocycles. The standard InChI is InChI=1S/C10H9ClN4/c1-10(2,6-12)9-13-8-4-3-7(11)5-15(8)14-9/h3-5H,1-2H3. The third-order valence-corrected chi connectivity index (χ3v) is 2.36. The number of aromatic nitrogens is 3. The minimum Gasteiger partial charge on any atom is -0.219 e. The van der Waals surface area contributed by atoms with Gasteiger partial charge in [0.15, 0.2) is 11.5 Å². The van der Waals surface area contributed by atoms with E-state index in [9.17, 15) is 0 Å². The molecule has 0 saturated carbocycles. The van der Waals surface area contributed by atoms with Crippen molar-refractivity contribution >= 4 is 17.2 Å². The third-order valence-electron chi connectivity index (χ3n) is 2.13. The summed E-state index contributed by atoms with van der Waals surface area (Å²) in [6.07, 6.45) is 1.67. The van der Waals surface area contributed by atoms with Crippen molar-refractivity contribution in [2.45, 2.75) is 19.3 Å². The zero-order valence-corrected chi connectivity index (χ0v) is 9.15. The number of hydrogen-bond acceptors (Lipinski definition) is 3. The molecule has 0 unspecified atom stereocenters. The Hall–Kier alpha value is -1.60. The van der Waals surface area contributed by atoms with E-state index in [1.165, 1.54) is 0 Å². The van der Waals surface area contributed by atoms with E-state index < -0.39 is 5.41 Å². The van der Waals surface area contributed by atoms with Crippen molar-refractivity contribution in [2.75, 3.05) is 0 Å². The molecule has 0 bridgehead atoms. The normalized spacial score (nSPS) is 11.6. The van der Waals surface area contributed by atoms with Crippen molar-refractivity contribution in [3.05, 3.63) is 29.2 Å². The summed E-state index contributed by atoms with van der Waals surface area (Å²) in [6.45, 7) is 3.56. The molecule has 0 N–H and O–H groups in total. The third kappa shape index (κ3) is 1.66. The number of hydrogen-bond donors (Lipinski definition) is 0. The molecule has 0 aliphatic carbocycles. The van der Waals surface area contributed by atoms with E-state index in [0.29, 0.717) is 16.5 Å². The van der Waals surface area contributed by atoms with Crippen LogP contribution >= 0.6 is 11.6 Å². The quantitative estimate of drug-likeness (QED) is 0.740. The van der Waals surface area contributed by atoms with Crippen LogP contribution in [0.3, 0.4) is 0 Å². The summed E-state index contributed by atoms with van der Waals surface area (Å²) in [6, 6.07) is 5.68. The van der Waals surface area contributed by atoms with Gasteiger partial charge in [0.1, 0.15) is 5.41 Å². The molecule has 0 spiro atoms. The second-order valence-corrected chi connectivity index (χ2v) is 4.26. The van der Waals surface area contributed by atoms with Gasteiger partial charge in [-0.2, -0.15) is 5.26 Å². The van der Waals surface area contributed by atoms with Crippen LogP contribution in [-0.2, 0) is 5.41 Å². The van der Waals surface area contributed by atoms with Gasteiger partial charge in [0.25, 0.3) is 0 Å². The molecule has 0 atom stereocenters. The van der Waals surface area contributed by atoms with Crippen molar-refractivity contribution in [3.8, 4) is 6.07 Å². The Morgan fingerprint density at radius 1 is 1.47 bits per heavy atom. The van der Waals surface area contributed by atoms with Gasteiger partial charge in [-0.25, -0.2) is 9.50 Å². The first-order valence-electron chi connectivity index (χ1n) is 4.46. The van der Waals surface area contributed by atoms with Gasteiger partial charge in [-0.15, -0.1) is 5.10 Å². The van der Waals surface area contributed by atoms with Crippen LogP contribution in [0, 0.1) is 11.3 Å². The summed E-state index contributed by atoms with van der Waals surface area (Å²) in [5.41, 5.74) is 0.0103. The number of fused-ring (bicyclic) bond motifs is 1. The second-order valence-electron chi connectivity index (χ2n) is 3.82. The number of nitriles is 1. The lowest BCUT2D eigenvalue weighted by Gasteiger charge is -2.07. The first-order valence-corrected chi connectivity index (χ1v) is 4.84. The molecule has 0 amide bonds. The molecule has 2 rings (SSSR count). The van der Waals surface area contributed by atoms with Gasteiger partial charge in [-0.05, 0) is 26.0 Å². The average Bonchev–Trinajstić information content (AvgIpc) is 2.61. The Kier molecular flexibility index (Phi) is 2.13. The van der Waals surface area contributed by atoms with Crippen molar-refractivity contribution in [1.29, 1.82) is 5.26 Å². The first kappa shape index (κ1) is 9.94. The van der Waals surface area contributed by atoms with Gasteiger partial charge in [0.05, 0.1) is 11.1 Å². The molecule has 0 saturated heterocycles.